The number of rotatable bonds is 5. The molecule has 160 valence electrons. The van der Waals surface area contributed by atoms with Crippen molar-refractivity contribution in [2.75, 3.05) is 18.4 Å². The summed E-state index contributed by atoms with van der Waals surface area (Å²) in [5.41, 5.74) is 1.92. The van der Waals surface area contributed by atoms with Crippen molar-refractivity contribution in [3.05, 3.63) is 63.9 Å². The smallest absolute Gasteiger partial charge is 0.257 e. The van der Waals surface area contributed by atoms with Gasteiger partial charge in [0.2, 0.25) is 0 Å². The van der Waals surface area contributed by atoms with Crippen LogP contribution in [0.1, 0.15) is 28.2 Å². The first kappa shape index (κ1) is 20.1. The van der Waals surface area contributed by atoms with E-state index in [1.54, 1.807) is 35.5 Å². The summed E-state index contributed by atoms with van der Waals surface area (Å²) in [6, 6.07) is 7.04. The number of nitrogens with one attached hydrogen (secondary N) is 2. The molecule has 8 nitrogen and oxygen atoms in total. The van der Waals surface area contributed by atoms with Crippen LogP contribution in [0.15, 0.2) is 41.1 Å². The largest absolute Gasteiger partial charge is 0.333 e. The third kappa shape index (κ3) is 3.92. The van der Waals surface area contributed by atoms with Crippen molar-refractivity contribution in [3.63, 3.8) is 0 Å². The molecule has 31 heavy (non-hydrogen) atoms. The fourth-order valence-corrected chi connectivity index (χ4v) is 4.75. The van der Waals surface area contributed by atoms with E-state index in [2.05, 4.69) is 46.3 Å². The van der Waals surface area contributed by atoms with Crippen molar-refractivity contribution in [3.8, 4) is 0 Å². The fourth-order valence-electron chi connectivity index (χ4n) is 4.38. The van der Waals surface area contributed by atoms with E-state index in [1.165, 1.54) is 0 Å². The van der Waals surface area contributed by atoms with Gasteiger partial charge in [0.1, 0.15) is 11.6 Å². The van der Waals surface area contributed by atoms with Crippen molar-refractivity contribution < 1.29 is 9.18 Å². The number of amides is 1. The Hall–Kier alpha value is -2.85. The number of carbonyl (C=O) groups is 1. The predicted molar refractivity (Wildman–Crippen MR) is 116 cm³/mol. The number of H-pyrrole nitrogens is 1. The summed E-state index contributed by atoms with van der Waals surface area (Å²) in [6.45, 7) is 3.91. The second-order valence-electron chi connectivity index (χ2n) is 7.99. The average molecular weight is 486 g/mol. The number of carbonyl (C=O) groups excluding carboxylic acids is 1. The topological polar surface area (TPSA) is 90.0 Å². The molecule has 2 aromatic heterocycles. The molecule has 0 saturated carbocycles. The molecule has 2 bridgehead atoms. The van der Waals surface area contributed by atoms with E-state index in [1.807, 2.05) is 13.0 Å². The molecule has 2 N–H and O–H groups in total. The summed E-state index contributed by atoms with van der Waals surface area (Å²) in [6.07, 6.45) is 4.31. The quantitative estimate of drug-likeness (QED) is 0.576. The van der Waals surface area contributed by atoms with Gasteiger partial charge in [-0.3, -0.25) is 19.8 Å². The zero-order valence-corrected chi connectivity index (χ0v) is 18.4. The van der Waals surface area contributed by atoms with Crippen molar-refractivity contribution in [1.82, 2.24) is 30.0 Å². The van der Waals surface area contributed by atoms with E-state index >= 15 is 0 Å². The zero-order valence-electron chi connectivity index (χ0n) is 16.8. The number of anilines is 2. The van der Waals surface area contributed by atoms with E-state index in [9.17, 15) is 9.18 Å². The summed E-state index contributed by atoms with van der Waals surface area (Å²) in [4.78, 5) is 26.0. The molecule has 2 fully saturated rings. The molecule has 10 heteroatoms. The van der Waals surface area contributed by atoms with Crippen molar-refractivity contribution >= 4 is 33.5 Å². The summed E-state index contributed by atoms with van der Waals surface area (Å²) >= 11 is 3.16. The molecule has 0 unspecified atom stereocenters. The molecule has 1 amide bonds. The van der Waals surface area contributed by atoms with E-state index in [0.717, 1.165) is 24.4 Å². The minimum atomic E-state index is -0.501. The number of aromatic nitrogens is 4. The molecular formula is C21H21BrFN7O. The number of fused-ring (bicyclic) bond motifs is 2. The SMILES string of the molecule is Cc1cc(Nc2cncc(CN3C[C@H]4C[C@@H]3CN4C(=O)c3cccc(Br)c3F)n2)n[nH]1. The van der Waals surface area contributed by atoms with Crippen molar-refractivity contribution in [1.29, 1.82) is 0 Å². The number of nitrogens with zero attached hydrogens (tertiary/aromatic N) is 5. The van der Waals surface area contributed by atoms with Gasteiger partial charge in [0, 0.05) is 49.7 Å². The molecule has 5 rings (SSSR count). The van der Waals surface area contributed by atoms with Gasteiger partial charge in [-0.2, -0.15) is 5.10 Å². The Morgan fingerprint density at radius 1 is 1.29 bits per heavy atom. The number of hydrogen-bond acceptors (Lipinski definition) is 6. The van der Waals surface area contributed by atoms with Gasteiger partial charge in [-0.25, -0.2) is 9.37 Å². The number of piperazine rings is 1. The lowest BCUT2D eigenvalue weighted by molar-refractivity contribution is 0.0610. The second-order valence-corrected chi connectivity index (χ2v) is 8.84. The third-order valence-corrected chi connectivity index (χ3v) is 6.42. The van der Waals surface area contributed by atoms with Gasteiger partial charge >= 0.3 is 0 Å². The molecule has 3 aromatic rings. The minimum Gasteiger partial charge on any atom is -0.333 e. The van der Waals surface area contributed by atoms with Crippen LogP contribution < -0.4 is 5.32 Å². The summed E-state index contributed by atoms with van der Waals surface area (Å²) < 4.78 is 14.7. The van der Waals surface area contributed by atoms with Gasteiger partial charge in [0.15, 0.2) is 5.82 Å². The maximum Gasteiger partial charge on any atom is 0.257 e. The van der Waals surface area contributed by atoms with Crippen LogP contribution in [0.2, 0.25) is 0 Å². The molecule has 0 radical (unpaired) electrons. The van der Waals surface area contributed by atoms with Crippen LogP contribution >= 0.6 is 15.9 Å². The summed E-state index contributed by atoms with van der Waals surface area (Å²) in [5, 5.41) is 10.2. The van der Waals surface area contributed by atoms with Crippen molar-refractivity contribution in [2.45, 2.75) is 32.0 Å². The van der Waals surface area contributed by atoms with Gasteiger partial charge in [0.25, 0.3) is 5.91 Å². The molecule has 1 aromatic carbocycles. The van der Waals surface area contributed by atoms with Gasteiger partial charge in [0.05, 0.1) is 21.9 Å². The number of benzene rings is 1. The summed E-state index contributed by atoms with van der Waals surface area (Å²) in [5.74, 6) is 0.582. The fraction of sp³-hybridized carbons (Fsp3) is 0.333. The average Bonchev–Trinajstić information content (AvgIpc) is 3.46. The highest BCUT2D eigenvalue weighted by Gasteiger charge is 2.45. The normalized spacial score (nSPS) is 20.4. The number of aryl methyl sites for hydroxylation is 1. The molecule has 2 saturated heterocycles. The van der Waals surface area contributed by atoms with Crippen LogP contribution in [0.4, 0.5) is 16.0 Å². The Morgan fingerprint density at radius 2 is 2.16 bits per heavy atom. The van der Waals surface area contributed by atoms with Crippen LogP contribution in [-0.2, 0) is 6.54 Å². The number of aromatic amines is 1. The van der Waals surface area contributed by atoms with Gasteiger partial charge in [-0.05, 0) is 41.4 Å². The monoisotopic (exact) mass is 485 g/mol. The second kappa shape index (κ2) is 8.01. The Kier molecular flexibility index (Phi) is 5.19. The minimum absolute atomic E-state index is 0.0807. The number of hydrogen-bond donors (Lipinski definition) is 2. The molecule has 0 spiro atoms. The summed E-state index contributed by atoms with van der Waals surface area (Å²) in [7, 11) is 0. The first-order valence-electron chi connectivity index (χ1n) is 10.1. The number of halogens is 2. The molecule has 4 heterocycles. The predicted octanol–water partition coefficient (Wildman–Crippen LogP) is 3.25. The lowest BCUT2D eigenvalue weighted by Crippen LogP contribution is -2.48. The zero-order chi connectivity index (χ0) is 21.5. The van der Waals surface area contributed by atoms with Crippen LogP contribution in [0.5, 0.6) is 0 Å². The van der Waals surface area contributed by atoms with Crippen LogP contribution in [-0.4, -0.2) is 61.0 Å². The highest BCUT2D eigenvalue weighted by Crippen LogP contribution is 2.33. The lowest BCUT2D eigenvalue weighted by atomic mass is 10.1. The molecule has 2 atom stereocenters. The standard InChI is InChI=1S/C21H21BrFN7O/c1-12-5-18(28-27-12)26-19-8-24-7-13(25-19)9-29-10-15-6-14(29)11-30(15)21(31)16-3-2-4-17(22)20(16)23/h2-5,7-8,14-15H,6,9-11H2,1H3,(H2,25,26,27,28)/t14-,15-/m1/s1. The van der Waals surface area contributed by atoms with E-state index in [0.29, 0.717) is 29.2 Å². The van der Waals surface area contributed by atoms with E-state index in [-0.39, 0.29) is 23.6 Å². The Labute approximate surface area is 187 Å². The molecule has 0 aliphatic carbocycles. The van der Waals surface area contributed by atoms with Crippen LogP contribution in [0.25, 0.3) is 0 Å². The highest BCUT2D eigenvalue weighted by molar-refractivity contribution is 9.10. The first-order valence-corrected chi connectivity index (χ1v) is 10.9. The van der Waals surface area contributed by atoms with Crippen molar-refractivity contribution in [2.24, 2.45) is 0 Å². The van der Waals surface area contributed by atoms with Gasteiger partial charge in [-0.15, -0.1) is 0 Å². The maximum absolute atomic E-state index is 14.4. The maximum atomic E-state index is 14.4. The Morgan fingerprint density at radius 3 is 2.90 bits per heavy atom. The Bertz CT molecular complexity index is 1140. The highest BCUT2D eigenvalue weighted by atomic mass is 79.9. The lowest BCUT2D eigenvalue weighted by Gasteiger charge is -2.34. The van der Waals surface area contributed by atoms with Gasteiger partial charge < -0.3 is 10.2 Å². The van der Waals surface area contributed by atoms with E-state index < -0.39 is 5.82 Å². The molecular weight excluding hydrogens is 465 g/mol. The number of likely N-dealkylation sites (tertiary alicyclic amines) is 2. The van der Waals surface area contributed by atoms with Crippen LogP contribution in [0.3, 0.4) is 0 Å². The van der Waals surface area contributed by atoms with E-state index in [4.69, 9.17) is 0 Å². The molecule has 2 aliphatic rings. The van der Waals surface area contributed by atoms with Crippen LogP contribution in [0, 0.1) is 12.7 Å². The first-order chi connectivity index (χ1) is 15.0. The third-order valence-electron chi connectivity index (χ3n) is 5.81. The van der Waals surface area contributed by atoms with Gasteiger partial charge in [-0.1, -0.05) is 6.07 Å². The molecule has 2 aliphatic heterocycles. The Balaban J connectivity index is 1.24.